The quantitative estimate of drug-likeness (QED) is 0.529. The highest BCUT2D eigenvalue weighted by atomic mass is 19.4. The van der Waals surface area contributed by atoms with Gasteiger partial charge in [-0.2, -0.15) is 13.2 Å². The molecule has 0 saturated heterocycles. The summed E-state index contributed by atoms with van der Waals surface area (Å²) in [5.74, 6) is -1.26. The average molecular weight is 434 g/mol. The number of amides is 3. The summed E-state index contributed by atoms with van der Waals surface area (Å²) >= 11 is 0. The Morgan fingerprint density at radius 1 is 1.03 bits per heavy atom. The summed E-state index contributed by atoms with van der Waals surface area (Å²) in [4.78, 5) is 27.7. The number of fused-ring (bicyclic) bond motifs is 1. The number of nitrogens with one attached hydrogen (secondary N) is 3. The molecule has 0 aliphatic carbocycles. The summed E-state index contributed by atoms with van der Waals surface area (Å²) in [6.07, 6.45) is -2.65. The van der Waals surface area contributed by atoms with E-state index in [9.17, 15) is 27.2 Å². The van der Waals surface area contributed by atoms with Gasteiger partial charge in [-0.05, 0) is 47.7 Å². The van der Waals surface area contributed by atoms with Crippen molar-refractivity contribution in [3.8, 4) is 0 Å². The highest BCUT2D eigenvalue weighted by molar-refractivity contribution is 5.96. The van der Waals surface area contributed by atoms with Crippen LogP contribution < -0.4 is 16.0 Å². The second-order valence-corrected chi connectivity index (χ2v) is 6.65. The smallest absolute Gasteiger partial charge is 0.354 e. The highest BCUT2D eigenvalue weighted by Gasteiger charge is 2.31. The standard InChI is InChI=1S/C21H18F4N4O2/c1-26-19(30)18-9-13-3-2-12(8-14(13)11-28-18)6-7-27-20(31)29-17-10-15(21(23,24)25)4-5-16(17)22/h2-5,8-11H,6-7H2,1H3,(H,26,30)(H2,27,29,31). The molecule has 1 heterocycles. The van der Waals surface area contributed by atoms with Gasteiger partial charge in [0.05, 0.1) is 11.3 Å². The summed E-state index contributed by atoms with van der Waals surface area (Å²) in [5.41, 5.74) is -0.458. The fraction of sp³-hybridized carbons (Fsp3) is 0.190. The summed E-state index contributed by atoms with van der Waals surface area (Å²) in [5, 5.41) is 8.69. The van der Waals surface area contributed by atoms with Crippen molar-refractivity contribution in [2.24, 2.45) is 0 Å². The summed E-state index contributed by atoms with van der Waals surface area (Å²) in [7, 11) is 1.52. The van der Waals surface area contributed by atoms with E-state index in [1.54, 1.807) is 12.3 Å². The van der Waals surface area contributed by atoms with Crippen LogP contribution in [0.1, 0.15) is 21.6 Å². The Kier molecular flexibility index (Phi) is 6.38. The van der Waals surface area contributed by atoms with E-state index >= 15 is 0 Å². The molecule has 0 aliphatic rings. The first-order valence-electron chi connectivity index (χ1n) is 9.20. The van der Waals surface area contributed by atoms with Crippen LogP contribution in [0.25, 0.3) is 10.8 Å². The number of alkyl halides is 3. The fourth-order valence-electron chi connectivity index (χ4n) is 2.88. The molecule has 0 spiro atoms. The molecule has 0 bridgehead atoms. The van der Waals surface area contributed by atoms with Gasteiger partial charge in [0.2, 0.25) is 0 Å². The maximum atomic E-state index is 13.7. The maximum Gasteiger partial charge on any atom is 0.416 e. The molecule has 6 nitrogen and oxygen atoms in total. The Hall–Kier alpha value is -3.69. The summed E-state index contributed by atoms with van der Waals surface area (Å²) < 4.78 is 51.9. The monoisotopic (exact) mass is 434 g/mol. The minimum absolute atomic E-state index is 0.168. The number of rotatable bonds is 5. The molecule has 3 N–H and O–H groups in total. The zero-order valence-corrected chi connectivity index (χ0v) is 16.3. The topological polar surface area (TPSA) is 83.1 Å². The van der Waals surface area contributed by atoms with Crippen LogP contribution in [-0.2, 0) is 12.6 Å². The maximum absolute atomic E-state index is 13.7. The first-order valence-corrected chi connectivity index (χ1v) is 9.20. The lowest BCUT2D eigenvalue weighted by Crippen LogP contribution is -2.30. The molecule has 0 unspecified atom stereocenters. The minimum atomic E-state index is -4.65. The lowest BCUT2D eigenvalue weighted by Gasteiger charge is -2.12. The average Bonchev–Trinajstić information content (AvgIpc) is 2.73. The number of hydrogen-bond acceptors (Lipinski definition) is 3. The molecule has 3 aromatic rings. The number of carbonyl (C=O) groups is 2. The van der Waals surface area contributed by atoms with Gasteiger partial charge in [0.1, 0.15) is 11.5 Å². The second-order valence-electron chi connectivity index (χ2n) is 6.65. The third-order valence-electron chi connectivity index (χ3n) is 4.49. The number of aromatic nitrogens is 1. The Morgan fingerprint density at radius 3 is 2.52 bits per heavy atom. The number of hydrogen-bond donors (Lipinski definition) is 3. The minimum Gasteiger partial charge on any atom is -0.354 e. The Bertz CT molecular complexity index is 1130. The predicted octanol–water partition coefficient (Wildman–Crippen LogP) is 4.12. The molecule has 1 aromatic heterocycles. The fourth-order valence-corrected chi connectivity index (χ4v) is 2.88. The van der Waals surface area contributed by atoms with Gasteiger partial charge in [-0.25, -0.2) is 9.18 Å². The van der Waals surface area contributed by atoms with Gasteiger partial charge < -0.3 is 16.0 Å². The van der Waals surface area contributed by atoms with Crippen molar-refractivity contribution in [3.05, 3.63) is 71.3 Å². The van der Waals surface area contributed by atoms with E-state index in [1.807, 2.05) is 18.2 Å². The number of anilines is 1. The number of benzene rings is 2. The van der Waals surface area contributed by atoms with Crippen molar-refractivity contribution in [3.63, 3.8) is 0 Å². The molecule has 10 heteroatoms. The molecule has 2 aromatic carbocycles. The van der Waals surface area contributed by atoms with Crippen molar-refractivity contribution in [1.82, 2.24) is 15.6 Å². The van der Waals surface area contributed by atoms with Gasteiger partial charge in [0, 0.05) is 25.2 Å². The molecule has 0 aliphatic heterocycles. The molecule has 0 fully saturated rings. The van der Waals surface area contributed by atoms with E-state index in [0.717, 1.165) is 16.3 Å². The van der Waals surface area contributed by atoms with Crippen LogP contribution in [-0.4, -0.2) is 30.5 Å². The van der Waals surface area contributed by atoms with E-state index in [0.29, 0.717) is 30.3 Å². The lowest BCUT2D eigenvalue weighted by atomic mass is 10.1. The SMILES string of the molecule is CNC(=O)c1cc2ccc(CCNC(=O)Nc3cc(C(F)(F)F)ccc3F)cc2cn1. The second kappa shape index (κ2) is 8.99. The molecular weight excluding hydrogens is 416 g/mol. The van der Waals surface area contributed by atoms with Crippen molar-refractivity contribution in [2.45, 2.75) is 12.6 Å². The zero-order chi connectivity index (χ0) is 22.6. The Labute approximate surface area is 174 Å². The lowest BCUT2D eigenvalue weighted by molar-refractivity contribution is -0.137. The van der Waals surface area contributed by atoms with Gasteiger partial charge in [-0.15, -0.1) is 0 Å². The number of urea groups is 1. The highest BCUT2D eigenvalue weighted by Crippen LogP contribution is 2.31. The van der Waals surface area contributed by atoms with Gasteiger partial charge in [0.15, 0.2) is 0 Å². The van der Waals surface area contributed by atoms with Crippen LogP contribution in [0.5, 0.6) is 0 Å². The van der Waals surface area contributed by atoms with E-state index in [-0.39, 0.29) is 12.5 Å². The molecule has 0 saturated carbocycles. The van der Waals surface area contributed by atoms with Gasteiger partial charge in [0.25, 0.3) is 5.91 Å². The van der Waals surface area contributed by atoms with Crippen molar-refractivity contribution in [1.29, 1.82) is 0 Å². The molecule has 31 heavy (non-hydrogen) atoms. The number of pyridine rings is 1. The van der Waals surface area contributed by atoms with Crippen LogP contribution in [0.15, 0.2) is 48.7 Å². The summed E-state index contributed by atoms with van der Waals surface area (Å²) in [6.45, 7) is 0.168. The Balaban J connectivity index is 1.59. The predicted molar refractivity (Wildman–Crippen MR) is 107 cm³/mol. The molecule has 0 atom stereocenters. The van der Waals surface area contributed by atoms with E-state index < -0.39 is 29.3 Å². The van der Waals surface area contributed by atoms with Gasteiger partial charge >= 0.3 is 12.2 Å². The summed E-state index contributed by atoms with van der Waals surface area (Å²) in [6, 6.07) is 8.12. The first-order chi connectivity index (χ1) is 14.7. The molecule has 3 rings (SSSR count). The van der Waals surface area contributed by atoms with E-state index in [2.05, 4.69) is 20.9 Å². The molecular formula is C21H18F4N4O2. The van der Waals surface area contributed by atoms with Crippen LogP contribution in [0.2, 0.25) is 0 Å². The van der Waals surface area contributed by atoms with E-state index in [1.165, 1.54) is 7.05 Å². The zero-order valence-electron chi connectivity index (χ0n) is 16.3. The molecule has 3 amide bonds. The third kappa shape index (κ3) is 5.47. The van der Waals surface area contributed by atoms with Crippen LogP contribution in [0, 0.1) is 5.82 Å². The normalized spacial score (nSPS) is 11.3. The van der Waals surface area contributed by atoms with Crippen molar-refractivity contribution >= 4 is 28.4 Å². The molecule has 0 radical (unpaired) electrons. The largest absolute Gasteiger partial charge is 0.416 e. The van der Waals surface area contributed by atoms with Crippen molar-refractivity contribution in [2.75, 3.05) is 18.9 Å². The van der Waals surface area contributed by atoms with Gasteiger partial charge in [-0.3, -0.25) is 9.78 Å². The van der Waals surface area contributed by atoms with Gasteiger partial charge in [-0.1, -0.05) is 12.1 Å². The number of nitrogens with zero attached hydrogens (tertiary/aromatic N) is 1. The van der Waals surface area contributed by atoms with Crippen molar-refractivity contribution < 1.29 is 27.2 Å². The Morgan fingerprint density at radius 2 is 1.81 bits per heavy atom. The van der Waals surface area contributed by atoms with Crippen LogP contribution in [0.4, 0.5) is 28.0 Å². The number of carbonyl (C=O) groups excluding carboxylic acids is 2. The third-order valence-corrected chi connectivity index (χ3v) is 4.49. The molecule has 162 valence electrons. The van der Waals surface area contributed by atoms with Crippen LogP contribution in [0.3, 0.4) is 0 Å². The van der Waals surface area contributed by atoms with Crippen LogP contribution >= 0.6 is 0 Å². The number of halogens is 4. The first kappa shape index (κ1) is 22.0. The van der Waals surface area contributed by atoms with E-state index in [4.69, 9.17) is 0 Å².